The summed E-state index contributed by atoms with van der Waals surface area (Å²) < 4.78 is 24.1. The van der Waals surface area contributed by atoms with Gasteiger partial charge in [-0.15, -0.1) is 17.0 Å². The Hall–Kier alpha value is 0.470. The quantitative estimate of drug-likeness (QED) is 0.585. The van der Waals surface area contributed by atoms with E-state index in [-0.39, 0.29) is 17.0 Å². The van der Waals surface area contributed by atoms with Crippen molar-refractivity contribution in [2.45, 2.75) is 38.5 Å². The van der Waals surface area contributed by atoms with Crippen molar-refractivity contribution < 1.29 is 13.3 Å². The molecule has 0 saturated carbocycles. The largest absolute Gasteiger partial charge is 0.750 e. The summed E-state index contributed by atoms with van der Waals surface area (Å²) in [5.74, 6) is 0. The van der Waals surface area contributed by atoms with E-state index >= 15 is 0 Å². The molecule has 0 aromatic heterocycles. The summed E-state index contributed by atoms with van der Waals surface area (Å²) in [5.41, 5.74) is 0. The Balaban J connectivity index is 0. The molecular weight excluding hydrogens is 308 g/mol. The van der Waals surface area contributed by atoms with Crippen LogP contribution in [0, 0.1) is 0 Å². The zero-order chi connectivity index (χ0) is 12.1. The first-order valence-electron chi connectivity index (χ1n) is 5.93. The number of hydrogen-bond donors (Lipinski definition) is 3. The molecule has 1 atom stereocenters. The van der Waals surface area contributed by atoms with Gasteiger partial charge in [0.2, 0.25) is 0 Å². The molecule has 17 heavy (non-hydrogen) atoms. The predicted molar refractivity (Wildman–Crippen MR) is 75.3 cm³/mol. The molecule has 3 N–H and O–H groups in total. The van der Waals surface area contributed by atoms with Crippen LogP contribution in [0.25, 0.3) is 0 Å². The first kappa shape index (κ1) is 19.8. The zero-order valence-electron chi connectivity index (χ0n) is 10.2. The summed E-state index contributed by atoms with van der Waals surface area (Å²) in [7, 11) is 0. The summed E-state index contributed by atoms with van der Waals surface area (Å²) in [5, 5.41) is 6.57. The Morgan fingerprint density at radius 2 is 1.06 bits per heavy atom. The van der Waals surface area contributed by atoms with Crippen molar-refractivity contribution in [1.29, 1.82) is 0 Å². The lowest BCUT2D eigenvalue weighted by Crippen LogP contribution is -2.21. The fraction of sp³-hybridized carbons (Fsp3) is 1.00. The van der Waals surface area contributed by atoms with Gasteiger partial charge < -0.3 is 19.7 Å². The molecule has 0 aromatic carbocycles. The van der Waals surface area contributed by atoms with E-state index in [9.17, 15) is 0 Å². The molecule has 106 valence electrons. The third kappa shape index (κ3) is 22.2. The van der Waals surface area contributed by atoms with Crippen LogP contribution >= 0.6 is 17.0 Å². The predicted octanol–water partition coefficient (Wildman–Crippen LogP) is 1.44. The van der Waals surface area contributed by atoms with Gasteiger partial charge in [-0.2, -0.15) is 0 Å². The van der Waals surface area contributed by atoms with Gasteiger partial charge in [0.05, 0.1) is 11.4 Å². The third-order valence-corrected chi connectivity index (χ3v) is 2.41. The van der Waals surface area contributed by atoms with E-state index in [4.69, 9.17) is 13.3 Å². The molecule has 2 aliphatic rings. The van der Waals surface area contributed by atoms with Crippen LogP contribution in [-0.2, 0) is 11.4 Å². The third-order valence-electron chi connectivity index (χ3n) is 2.41. The highest BCUT2D eigenvalue weighted by Crippen LogP contribution is 1.97. The minimum Gasteiger partial charge on any atom is -0.750 e. The van der Waals surface area contributed by atoms with Crippen LogP contribution in [0.3, 0.4) is 0 Å². The van der Waals surface area contributed by atoms with E-state index in [1.54, 1.807) is 0 Å². The van der Waals surface area contributed by atoms with Crippen LogP contribution < -0.4 is 10.6 Å². The molecule has 7 heteroatoms. The molecule has 5 nitrogen and oxygen atoms in total. The Morgan fingerprint density at radius 3 is 1.12 bits per heavy atom. The second-order valence-electron chi connectivity index (χ2n) is 3.84. The molecule has 2 aliphatic heterocycles. The van der Waals surface area contributed by atoms with Crippen molar-refractivity contribution in [1.82, 2.24) is 10.6 Å². The number of rotatable bonds is 0. The highest BCUT2D eigenvalue weighted by atomic mass is 79.9. The van der Waals surface area contributed by atoms with Gasteiger partial charge in [0, 0.05) is 0 Å². The van der Waals surface area contributed by atoms with Gasteiger partial charge in [0.1, 0.15) is 0 Å². The summed E-state index contributed by atoms with van der Waals surface area (Å²) >= 11 is -2.86. The van der Waals surface area contributed by atoms with Crippen LogP contribution in [-0.4, -0.2) is 39.5 Å². The van der Waals surface area contributed by atoms with Crippen molar-refractivity contribution >= 4 is 28.3 Å². The monoisotopic (exact) mass is 331 g/mol. The molecule has 0 aromatic rings. The molecular formula is C10H24BrN2O3S-. The normalized spacial score (nSPS) is 20.6. The lowest BCUT2D eigenvalue weighted by atomic mass is 10.2. The van der Waals surface area contributed by atoms with Crippen molar-refractivity contribution in [3.63, 3.8) is 0 Å². The molecule has 0 spiro atoms. The van der Waals surface area contributed by atoms with Crippen molar-refractivity contribution in [2.75, 3.05) is 26.2 Å². The van der Waals surface area contributed by atoms with E-state index in [0.717, 1.165) is 0 Å². The van der Waals surface area contributed by atoms with Gasteiger partial charge in [-0.05, 0) is 51.9 Å². The molecule has 2 saturated heterocycles. The van der Waals surface area contributed by atoms with Crippen LogP contribution in [0.2, 0.25) is 0 Å². The van der Waals surface area contributed by atoms with Crippen LogP contribution in [0.15, 0.2) is 0 Å². The molecule has 2 heterocycles. The lowest BCUT2D eigenvalue weighted by molar-refractivity contribution is 0.436. The molecule has 0 bridgehead atoms. The van der Waals surface area contributed by atoms with Crippen molar-refractivity contribution in [3.8, 4) is 0 Å². The van der Waals surface area contributed by atoms with Gasteiger partial charge in [0.15, 0.2) is 0 Å². The minimum absolute atomic E-state index is 0. The van der Waals surface area contributed by atoms with Crippen molar-refractivity contribution in [2.24, 2.45) is 0 Å². The van der Waals surface area contributed by atoms with Gasteiger partial charge in [-0.25, -0.2) is 4.21 Å². The molecule has 0 amide bonds. The fourth-order valence-corrected chi connectivity index (χ4v) is 1.60. The highest BCUT2D eigenvalue weighted by Gasteiger charge is 1.94. The Bertz CT molecular complexity index is 129. The topological polar surface area (TPSA) is 84.4 Å². The summed E-state index contributed by atoms with van der Waals surface area (Å²) in [6.07, 6.45) is 8.43. The Kier molecular flexibility index (Phi) is 19.2. The maximum Gasteiger partial charge on any atom is 0.0814 e. The van der Waals surface area contributed by atoms with Gasteiger partial charge in [-0.1, -0.05) is 12.8 Å². The summed E-state index contributed by atoms with van der Waals surface area (Å²) in [4.78, 5) is 0. The molecule has 2 fully saturated rings. The van der Waals surface area contributed by atoms with E-state index < -0.39 is 11.4 Å². The molecule has 0 aliphatic carbocycles. The highest BCUT2D eigenvalue weighted by molar-refractivity contribution is 8.93. The Labute approximate surface area is 117 Å². The second kappa shape index (κ2) is 16.5. The smallest absolute Gasteiger partial charge is 0.0814 e. The number of piperidine rings is 2. The van der Waals surface area contributed by atoms with E-state index in [1.807, 2.05) is 0 Å². The van der Waals surface area contributed by atoms with Crippen LogP contribution in [0.4, 0.5) is 0 Å². The standard InChI is InChI=1S/2C5H11N.BrH.H2O3S/c2*1-2-4-6-5-3-1;;1-4(2)3/h2*6H,1-5H2;1H;(H2,1,2,3)/p-1. The lowest BCUT2D eigenvalue weighted by Gasteiger charge is -2.08. The minimum atomic E-state index is -2.86. The number of nitrogens with one attached hydrogen (secondary N) is 2. The molecule has 0 radical (unpaired) electrons. The number of halogens is 1. The Morgan fingerprint density at radius 1 is 0.824 bits per heavy atom. The summed E-state index contributed by atoms with van der Waals surface area (Å²) in [6, 6.07) is 0. The van der Waals surface area contributed by atoms with Gasteiger partial charge >= 0.3 is 0 Å². The molecule has 1 unspecified atom stereocenters. The zero-order valence-corrected chi connectivity index (χ0v) is 12.7. The van der Waals surface area contributed by atoms with Crippen LogP contribution in [0.1, 0.15) is 38.5 Å². The maximum atomic E-state index is 8.56. The first-order chi connectivity index (χ1) is 7.73. The van der Waals surface area contributed by atoms with Crippen molar-refractivity contribution in [3.05, 3.63) is 0 Å². The van der Waals surface area contributed by atoms with E-state index in [1.165, 1.54) is 64.7 Å². The van der Waals surface area contributed by atoms with E-state index in [2.05, 4.69) is 10.6 Å². The first-order valence-corrected chi connectivity index (χ1v) is 6.96. The summed E-state index contributed by atoms with van der Waals surface area (Å²) in [6.45, 7) is 5.00. The van der Waals surface area contributed by atoms with Gasteiger partial charge in [-0.3, -0.25) is 0 Å². The maximum absolute atomic E-state index is 8.56. The SMILES string of the molecule is Br.C1CCNCC1.C1CCNCC1.O=S([O-])O. The van der Waals surface area contributed by atoms with Gasteiger partial charge in [0.25, 0.3) is 0 Å². The van der Waals surface area contributed by atoms with Crippen LogP contribution in [0.5, 0.6) is 0 Å². The number of hydrogen-bond acceptors (Lipinski definition) is 4. The average molecular weight is 332 g/mol. The fourth-order valence-electron chi connectivity index (χ4n) is 1.60. The second-order valence-corrected chi connectivity index (χ2v) is 4.27. The van der Waals surface area contributed by atoms with E-state index in [0.29, 0.717) is 0 Å². The average Bonchev–Trinajstić information content (AvgIpc) is 2.34. The molecule has 2 rings (SSSR count).